The van der Waals surface area contributed by atoms with Gasteiger partial charge in [0.1, 0.15) is 12.3 Å². The zero-order valence-corrected chi connectivity index (χ0v) is 25.6. The number of carbonyl (C=O) groups is 5. The summed E-state index contributed by atoms with van der Waals surface area (Å²) in [5, 5.41) is 39.0. The Morgan fingerprint density at radius 2 is 1.13 bits per heavy atom. The SMILES string of the molecule is CC(C)CN(CC(=O)Oc1ccc([N+](=O)[O-])cc1)C(=O)CN1CCN(CC(=O)O)CCN(CC(=O)O)CCN(CC(=O)O)CC1. The van der Waals surface area contributed by atoms with E-state index in [1.165, 1.54) is 29.2 Å². The van der Waals surface area contributed by atoms with Crippen molar-refractivity contribution in [3.05, 3.63) is 34.4 Å². The highest BCUT2D eigenvalue weighted by Crippen LogP contribution is 2.17. The van der Waals surface area contributed by atoms with Gasteiger partial charge >= 0.3 is 23.9 Å². The predicted octanol–water partition coefficient (Wildman–Crippen LogP) is -0.540. The van der Waals surface area contributed by atoms with Crippen LogP contribution in [0.15, 0.2) is 24.3 Å². The van der Waals surface area contributed by atoms with E-state index in [0.717, 1.165) is 0 Å². The van der Waals surface area contributed by atoms with Crippen LogP contribution in [0.2, 0.25) is 0 Å². The van der Waals surface area contributed by atoms with Gasteiger partial charge in [0.15, 0.2) is 0 Å². The predicted molar refractivity (Wildman–Crippen MR) is 159 cm³/mol. The van der Waals surface area contributed by atoms with Crippen molar-refractivity contribution in [3.63, 3.8) is 0 Å². The van der Waals surface area contributed by atoms with Gasteiger partial charge in [0, 0.05) is 71.0 Å². The highest BCUT2D eigenvalue weighted by atomic mass is 16.6. The fraction of sp³-hybridized carbons (Fsp3) is 0.607. The van der Waals surface area contributed by atoms with Gasteiger partial charge in [0.2, 0.25) is 5.91 Å². The number of esters is 1. The van der Waals surface area contributed by atoms with Crippen molar-refractivity contribution in [2.24, 2.45) is 5.92 Å². The molecule has 1 amide bonds. The fourth-order valence-electron chi connectivity index (χ4n) is 4.73. The Balaban J connectivity index is 2.18. The first kappa shape index (κ1) is 37.0. The molecular weight excluding hydrogens is 596 g/mol. The molecule has 0 spiro atoms. The number of nitro groups is 1. The summed E-state index contributed by atoms with van der Waals surface area (Å²) in [6, 6.07) is 4.96. The lowest BCUT2D eigenvalue weighted by Crippen LogP contribution is -2.51. The number of rotatable bonds is 14. The number of carboxylic acids is 3. The first-order chi connectivity index (χ1) is 21.2. The maximum absolute atomic E-state index is 13.5. The minimum atomic E-state index is -1.06. The third-order valence-corrected chi connectivity index (χ3v) is 6.90. The van der Waals surface area contributed by atoms with E-state index in [1.807, 2.05) is 13.8 Å². The van der Waals surface area contributed by atoms with Crippen LogP contribution in [0.25, 0.3) is 0 Å². The van der Waals surface area contributed by atoms with E-state index in [4.69, 9.17) is 4.74 Å². The molecule has 0 radical (unpaired) electrons. The molecule has 17 nitrogen and oxygen atoms in total. The third-order valence-electron chi connectivity index (χ3n) is 6.90. The van der Waals surface area contributed by atoms with Gasteiger partial charge in [0.05, 0.1) is 31.1 Å². The Hall–Kier alpha value is -4.19. The zero-order valence-electron chi connectivity index (χ0n) is 25.6. The number of carboxylic acid groups (broad SMARTS) is 3. The molecule has 17 heteroatoms. The van der Waals surface area contributed by atoms with Gasteiger partial charge < -0.3 is 25.0 Å². The maximum Gasteiger partial charge on any atom is 0.331 e. The Labute approximate surface area is 260 Å². The molecule has 0 atom stereocenters. The zero-order chi connectivity index (χ0) is 33.5. The van der Waals surface area contributed by atoms with Crippen molar-refractivity contribution >= 4 is 35.5 Å². The molecule has 1 aliphatic heterocycles. The highest BCUT2D eigenvalue weighted by Gasteiger charge is 2.25. The molecule has 1 aromatic rings. The Morgan fingerprint density at radius 1 is 0.756 bits per heavy atom. The summed E-state index contributed by atoms with van der Waals surface area (Å²) in [5.74, 6) is -4.21. The topological polar surface area (TPSA) is 215 Å². The van der Waals surface area contributed by atoms with Crippen LogP contribution in [0.5, 0.6) is 5.75 Å². The van der Waals surface area contributed by atoms with Crippen molar-refractivity contribution in [2.45, 2.75) is 13.8 Å². The smallest absolute Gasteiger partial charge is 0.331 e. The molecule has 0 bridgehead atoms. The van der Waals surface area contributed by atoms with E-state index < -0.39 is 34.7 Å². The molecule has 3 N–H and O–H groups in total. The van der Waals surface area contributed by atoms with E-state index in [-0.39, 0.29) is 109 Å². The normalized spacial score (nSPS) is 16.3. The van der Waals surface area contributed by atoms with Gasteiger partial charge in [-0.15, -0.1) is 0 Å². The van der Waals surface area contributed by atoms with Gasteiger partial charge in [-0.05, 0) is 18.1 Å². The van der Waals surface area contributed by atoms with Gasteiger partial charge in [-0.25, -0.2) is 4.79 Å². The Bertz CT molecular complexity index is 1150. The van der Waals surface area contributed by atoms with E-state index in [1.54, 1.807) is 19.6 Å². The standard InChI is InChI=1S/C28H42N6O11/c1-21(2)15-33(20-28(42)45-23-5-3-22(4-6-23)34(43)44)24(35)16-29-7-9-30(17-25(36)37)11-13-32(19-27(40)41)14-12-31(10-8-29)18-26(38)39/h3-6,21H,7-20H2,1-2H3,(H,36,37)(H,38,39)(H,40,41). The molecule has 0 saturated carbocycles. The number of nitro benzene ring substituents is 1. The van der Waals surface area contributed by atoms with Crippen LogP contribution in [0, 0.1) is 16.0 Å². The Kier molecular flexibility index (Phi) is 15.3. The minimum Gasteiger partial charge on any atom is -0.480 e. The molecule has 2 rings (SSSR count). The van der Waals surface area contributed by atoms with Crippen LogP contribution in [-0.4, -0.2) is 166 Å². The largest absolute Gasteiger partial charge is 0.480 e. The molecule has 0 aliphatic carbocycles. The number of ether oxygens (including phenoxy) is 1. The van der Waals surface area contributed by atoms with Crippen LogP contribution in [-0.2, 0) is 24.0 Å². The van der Waals surface area contributed by atoms with E-state index in [9.17, 15) is 49.4 Å². The molecule has 0 aromatic heterocycles. The number of aliphatic carboxylic acids is 3. The summed E-state index contributed by atoms with van der Waals surface area (Å²) in [4.78, 5) is 79.0. The molecular formula is C28H42N6O11. The van der Waals surface area contributed by atoms with Crippen LogP contribution in [0.4, 0.5) is 5.69 Å². The number of nitrogens with zero attached hydrogens (tertiary/aromatic N) is 6. The summed E-state index contributed by atoms with van der Waals surface area (Å²) in [6.45, 7) is 4.59. The molecule has 1 fully saturated rings. The molecule has 1 heterocycles. The summed E-state index contributed by atoms with van der Waals surface area (Å²) >= 11 is 0. The summed E-state index contributed by atoms with van der Waals surface area (Å²) in [5.41, 5.74) is -0.168. The molecule has 1 aliphatic rings. The number of non-ortho nitro benzene ring substituents is 1. The van der Waals surface area contributed by atoms with Crippen molar-refractivity contribution < 1.29 is 49.0 Å². The molecule has 45 heavy (non-hydrogen) atoms. The van der Waals surface area contributed by atoms with E-state index in [0.29, 0.717) is 0 Å². The van der Waals surface area contributed by atoms with Gasteiger partial charge in [-0.3, -0.25) is 48.9 Å². The van der Waals surface area contributed by atoms with Crippen LogP contribution >= 0.6 is 0 Å². The minimum absolute atomic E-state index is 0.00158. The fourth-order valence-corrected chi connectivity index (χ4v) is 4.73. The average Bonchev–Trinajstić information content (AvgIpc) is 2.93. The molecule has 1 aromatic carbocycles. The number of carbonyl (C=O) groups excluding carboxylic acids is 2. The van der Waals surface area contributed by atoms with Crippen LogP contribution in [0.3, 0.4) is 0 Å². The number of hydrogen-bond donors (Lipinski definition) is 3. The van der Waals surface area contributed by atoms with E-state index >= 15 is 0 Å². The monoisotopic (exact) mass is 638 g/mol. The molecule has 250 valence electrons. The van der Waals surface area contributed by atoms with Gasteiger partial charge in [-0.1, -0.05) is 13.8 Å². The Morgan fingerprint density at radius 3 is 1.47 bits per heavy atom. The lowest BCUT2D eigenvalue weighted by atomic mass is 10.2. The maximum atomic E-state index is 13.5. The van der Waals surface area contributed by atoms with Gasteiger partial charge in [-0.2, -0.15) is 0 Å². The first-order valence-electron chi connectivity index (χ1n) is 14.5. The van der Waals surface area contributed by atoms with Crippen molar-refractivity contribution in [3.8, 4) is 5.75 Å². The third kappa shape index (κ3) is 14.9. The second kappa shape index (κ2) is 18.6. The molecule has 1 saturated heterocycles. The highest BCUT2D eigenvalue weighted by molar-refractivity contribution is 5.84. The van der Waals surface area contributed by atoms with Crippen LogP contribution in [0.1, 0.15) is 13.8 Å². The van der Waals surface area contributed by atoms with Crippen LogP contribution < -0.4 is 4.74 Å². The summed E-state index contributed by atoms with van der Waals surface area (Å²) in [7, 11) is 0. The number of hydrogen-bond acceptors (Lipinski definition) is 12. The lowest BCUT2D eigenvalue weighted by Gasteiger charge is -2.33. The summed E-state index contributed by atoms with van der Waals surface area (Å²) < 4.78 is 5.29. The number of amides is 1. The first-order valence-corrected chi connectivity index (χ1v) is 14.5. The average molecular weight is 639 g/mol. The number of benzene rings is 1. The van der Waals surface area contributed by atoms with Crippen molar-refractivity contribution in [1.29, 1.82) is 0 Å². The second-order valence-electron chi connectivity index (χ2n) is 11.2. The molecule has 0 unspecified atom stereocenters. The lowest BCUT2D eigenvalue weighted by molar-refractivity contribution is -0.384. The van der Waals surface area contributed by atoms with Crippen molar-refractivity contribution in [1.82, 2.24) is 24.5 Å². The van der Waals surface area contributed by atoms with E-state index in [2.05, 4.69) is 0 Å². The second-order valence-corrected chi connectivity index (χ2v) is 11.2. The summed E-state index contributed by atoms with van der Waals surface area (Å²) in [6.07, 6.45) is 0. The quantitative estimate of drug-likeness (QED) is 0.101. The van der Waals surface area contributed by atoms with Gasteiger partial charge in [0.25, 0.3) is 5.69 Å². The van der Waals surface area contributed by atoms with Crippen molar-refractivity contribution in [2.75, 3.05) is 91.6 Å².